The van der Waals surface area contributed by atoms with Gasteiger partial charge in [0.05, 0.1) is 5.02 Å². The lowest BCUT2D eigenvalue weighted by atomic mass is 10.1. The van der Waals surface area contributed by atoms with Gasteiger partial charge >= 0.3 is 0 Å². The fourth-order valence-corrected chi connectivity index (χ4v) is 3.20. The van der Waals surface area contributed by atoms with Gasteiger partial charge in [0.1, 0.15) is 17.3 Å². The van der Waals surface area contributed by atoms with Gasteiger partial charge in [-0.05, 0) is 41.0 Å². The van der Waals surface area contributed by atoms with Crippen LogP contribution in [0.15, 0.2) is 54.6 Å². The van der Waals surface area contributed by atoms with Crippen molar-refractivity contribution in [3.8, 4) is 22.6 Å². The average Bonchev–Trinajstić information content (AvgIpc) is 2.89. The topological polar surface area (TPSA) is 35.2 Å². The Balaban J connectivity index is 1.81. The number of hydrogen-bond acceptors (Lipinski definition) is 2. The van der Waals surface area contributed by atoms with E-state index in [0.29, 0.717) is 28.6 Å². The highest BCUT2D eigenvalue weighted by molar-refractivity contribution is 6.32. The van der Waals surface area contributed by atoms with Gasteiger partial charge in [0.25, 0.3) is 0 Å². The number of anilines is 1. The minimum Gasteiger partial charge on any atom is -0.455 e. The van der Waals surface area contributed by atoms with E-state index in [2.05, 4.69) is 0 Å². The summed E-state index contributed by atoms with van der Waals surface area (Å²) < 4.78 is 19.9. The summed E-state index contributed by atoms with van der Waals surface area (Å²) in [5.74, 6) is 0.620. The first-order valence-electron chi connectivity index (χ1n) is 7.25. The zero-order chi connectivity index (χ0) is 16.0. The molecule has 0 fully saturated rings. The van der Waals surface area contributed by atoms with E-state index in [1.165, 1.54) is 11.6 Å². The van der Waals surface area contributed by atoms with E-state index in [9.17, 15) is 4.39 Å². The molecule has 0 saturated heterocycles. The van der Waals surface area contributed by atoms with E-state index in [-0.39, 0.29) is 5.82 Å². The summed E-state index contributed by atoms with van der Waals surface area (Å²) in [6, 6.07) is 16.0. The van der Waals surface area contributed by atoms with Crippen LogP contribution in [0.3, 0.4) is 0 Å². The third-order valence-electron chi connectivity index (χ3n) is 4.02. The van der Waals surface area contributed by atoms with Gasteiger partial charge in [0, 0.05) is 23.7 Å². The molecule has 0 amide bonds. The average molecular weight is 326 g/mol. The second kappa shape index (κ2) is 5.28. The molecule has 2 N–H and O–H groups in total. The molecule has 4 rings (SSSR count). The van der Waals surface area contributed by atoms with E-state index in [4.69, 9.17) is 22.1 Å². The Morgan fingerprint density at radius 3 is 2.61 bits per heavy atom. The molecule has 0 unspecified atom stereocenters. The highest BCUT2D eigenvalue weighted by Gasteiger charge is 2.23. The van der Waals surface area contributed by atoms with Crippen LogP contribution < -0.4 is 10.5 Å². The van der Waals surface area contributed by atoms with Crippen molar-refractivity contribution in [1.29, 1.82) is 0 Å². The Kier molecular flexibility index (Phi) is 3.24. The lowest BCUT2D eigenvalue weighted by Gasteiger charge is -2.12. The zero-order valence-corrected chi connectivity index (χ0v) is 12.9. The van der Waals surface area contributed by atoms with Crippen molar-refractivity contribution >= 4 is 17.3 Å². The van der Waals surface area contributed by atoms with Crippen LogP contribution in [0, 0.1) is 5.82 Å². The number of halogens is 2. The van der Waals surface area contributed by atoms with Gasteiger partial charge in [-0.3, -0.25) is 0 Å². The molecule has 3 aromatic rings. The molecule has 2 nitrogen and oxygen atoms in total. The van der Waals surface area contributed by atoms with Crippen molar-refractivity contribution in [2.24, 2.45) is 0 Å². The van der Waals surface area contributed by atoms with Crippen LogP contribution in [0.2, 0.25) is 5.02 Å². The minimum absolute atomic E-state index is 0.331. The van der Waals surface area contributed by atoms with Crippen LogP contribution in [0.1, 0.15) is 11.1 Å². The number of hydrogen-bond donors (Lipinski definition) is 1. The number of nitrogens with two attached hydrogens (primary N) is 1. The SMILES string of the molecule is Nc1ccc(Oc2cc(F)cc3c2Cc2ccccc2-3)c(Cl)c1. The molecular formula is C19H13ClFNO. The van der Waals surface area contributed by atoms with Crippen LogP contribution in [0.25, 0.3) is 11.1 Å². The molecule has 114 valence electrons. The Labute approximate surface area is 138 Å². The lowest BCUT2D eigenvalue weighted by Crippen LogP contribution is -1.94. The van der Waals surface area contributed by atoms with Crippen molar-refractivity contribution in [1.82, 2.24) is 0 Å². The molecule has 0 heterocycles. The molecule has 0 aromatic heterocycles. The van der Waals surface area contributed by atoms with E-state index < -0.39 is 0 Å². The summed E-state index contributed by atoms with van der Waals surface area (Å²) in [6.07, 6.45) is 0.716. The van der Waals surface area contributed by atoms with Gasteiger partial charge in [-0.25, -0.2) is 4.39 Å². The van der Waals surface area contributed by atoms with Crippen molar-refractivity contribution in [2.75, 3.05) is 5.73 Å². The van der Waals surface area contributed by atoms with Crippen molar-refractivity contribution in [2.45, 2.75) is 6.42 Å². The zero-order valence-electron chi connectivity index (χ0n) is 12.1. The molecule has 4 heteroatoms. The fourth-order valence-electron chi connectivity index (χ4n) is 2.97. The molecule has 0 atom stereocenters. The molecule has 0 aliphatic heterocycles. The summed E-state index contributed by atoms with van der Waals surface area (Å²) in [5, 5.41) is 0.401. The van der Waals surface area contributed by atoms with Gasteiger partial charge in [0.2, 0.25) is 0 Å². The van der Waals surface area contributed by atoms with Crippen LogP contribution in [0.4, 0.5) is 10.1 Å². The standard InChI is InChI=1S/C19H13ClFNO/c20-17-10-13(22)5-6-18(17)23-19-9-12(21)8-15-14-4-2-1-3-11(14)7-16(15)19/h1-6,8-10H,7,22H2. The van der Waals surface area contributed by atoms with E-state index in [0.717, 1.165) is 16.7 Å². The van der Waals surface area contributed by atoms with E-state index >= 15 is 0 Å². The molecule has 23 heavy (non-hydrogen) atoms. The van der Waals surface area contributed by atoms with Crippen LogP contribution in [-0.4, -0.2) is 0 Å². The predicted octanol–water partition coefficient (Wildman–Crippen LogP) is 5.42. The summed E-state index contributed by atoms with van der Waals surface area (Å²) >= 11 is 6.16. The second-order valence-corrected chi connectivity index (χ2v) is 5.96. The van der Waals surface area contributed by atoms with Gasteiger partial charge < -0.3 is 10.5 Å². The highest BCUT2D eigenvalue weighted by atomic mass is 35.5. The maximum absolute atomic E-state index is 14.1. The van der Waals surface area contributed by atoms with Gasteiger partial charge in [0.15, 0.2) is 0 Å². The minimum atomic E-state index is -0.331. The predicted molar refractivity (Wildman–Crippen MR) is 90.6 cm³/mol. The largest absolute Gasteiger partial charge is 0.455 e. The molecule has 0 bridgehead atoms. The monoisotopic (exact) mass is 325 g/mol. The summed E-state index contributed by atoms with van der Waals surface area (Å²) in [7, 11) is 0. The Hall–Kier alpha value is -2.52. The molecule has 1 aliphatic carbocycles. The second-order valence-electron chi connectivity index (χ2n) is 5.56. The summed E-state index contributed by atoms with van der Waals surface area (Å²) in [5.41, 5.74) is 10.3. The van der Waals surface area contributed by atoms with Crippen molar-refractivity contribution in [3.63, 3.8) is 0 Å². The number of rotatable bonds is 2. The third kappa shape index (κ3) is 2.43. The van der Waals surface area contributed by atoms with E-state index in [1.54, 1.807) is 24.3 Å². The maximum atomic E-state index is 14.1. The van der Waals surface area contributed by atoms with Crippen LogP contribution in [0.5, 0.6) is 11.5 Å². The molecule has 3 aromatic carbocycles. The lowest BCUT2D eigenvalue weighted by molar-refractivity contribution is 0.473. The van der Waals surface area contributed by atoms with Gasteiger partial charge in [-0.1, -0.05) is 35.9 Å². The third-order valence-corrected chi connectivity index (χ3v) is 4.32. The smallest absolute Gasteiger partial charge is 0.146 e. The Bertz CT molecular complexity index is 923. The number of nitrogen functional groups attached to an aromatic ring is 1. The maximum Gasteiger partial charge on any atom is 0.146 e. The molecular weight excluding hydrogens is 313 g/mol. The Morgan fingerprint density at radius 1 is 0.957 bits per heavy atom. The molecule has 1 aliphatic rings. The Morgan fingerprint density at radius 2 is 1.78 bits per heavy atom. The normalized spacial score (nSPS) is 11.9. The first-order valence-corrected chi connectivity index (χ1v) is 7.63. The molecule has 0 saturated carbocycles. The number of ether oxygens (including phenoxy) is 1. The van der Waals surface area contributed by atoms with E-state index in [1.807, 2.05) is 24.3 Å². The quantitative estimate of drug-likeness (QED) is 0.499. The molecule has 0 radical (unpaired) electrons. The summed E-state index contributed by atoms with van der Waals surface area (Å²) in [6.45, 7) is 0. The first kappa shape index (κ1) is 14.1. The van der Waals surface area contributed by atoms with Crippen molar-refractivity contribution < 1.29 is 9.13 Å². The molecule has 0 spiro atoms. The number of benzene rings is 3. The van der Waals surface area contributed by atoms with Crippen molar-refractivity contribution in [3.05, 3.63) is 76.6 Å². The van der Waals surface area contributed by atoms with Crippen LogP contribution >= 0.6 is 11.6 Å². The number of fused-ring (bicyclic) bond motifs is 3. The van der Waals surface area contributed by atoms with Gasteiger partial charge in [-0.2, -0.15) is 0 Å². The fraction of sp³-hybridized carbons (Fsp3) is 0.0526. The van der Waals surface area contributed by atoms with Gasteiger partial charge in [-0.15, -0.1) is 0 Å². The highest BCUT2D eigenvalue weighted by Crippen LogP contribution is 2.43. The first-order chi connectivity index (χ1) is 11.1. The van der Waals surface area contributed by atoms with Crippen LogP contribution in [-0.2, 0) is 6.42 Å². The summed E-state index contributed by atoms with van der Waals surface area (Å²) in [4.78, 5) is 0.